The molecule has 9 heteroatoms. The molecule has 0 aliphatic rings. The summed E-state index contributed by atoms with van der Waals surface area (Å²) in [6, 6.07) is 7.53. The summed E-state index contributed by atoms with van der Waals surface area (Å²) >= 11 is 0. The molecule has 0 bridgehead atoms. The van der Waals surface area contributed by atoms with Gasteiger partial charge in [0.1, 0.15) is 9.79 Å². The van der Waals surface area contributed by atoms with Crippen LogP contribution in [0.3, 0.4) is 0 Å². The van der Waals surface area contributed by atoms with Crippen molar-refractivity contribution in [2.75, 3.05) is 0 Å². The molecule has 0 heterocycles. The van der Waals surface area contributed by atoms with E-state index in [1.165, 1.54) is 24.3 Å². The topological polar surface area (TPSA) is 109 Å². The van der Waals surface area contributed by atoms with Gasteiger partial charge in [-0.15, -0.1) is 0 Å². The predicted octanol–water partition coefficient (Wildman–Crippen LogP) is 0.952. The minimum Gasteiger partial charge on any atom is -0.282 e. The van der Waals surface area contributed by atoms with E-state index in [1.54, 1.807) is 0 Å². The molecule has 2 aromatic carbocycles. The summed E-state index contributed by atoms with van der Waals surface area (Å²) in [6.07, 6.45) is 0. The van der Waals surface area contributed by atoms with Crippen LogP contribution in [0.25, 0.3) is 10.8 Å². The summed E-state index contributed by atoms with van der Waals surface area (Å²) in [4.78, 5) is -0.823. The molecule has 0 fully saturated rings. The van der Waals surface area contributed by atoms with Crippen molar-refractivity contribution in [2.24, 2.45) is 0 Å². The Bertz CT molecular complexity index is 755. The molecule has 19 heavy (non-hydrogen) atoms. The van der Waals surface area contributed by atoms with E-state index in [4.69, 9.17) is 9.11 Å². The van der Waals surface area contributed by atoms with Crippen molar-refractivity contribution < 1.29 is 25.9 Å². The first-order chi connectivity index (χ1) is 8.21. The van der Waals surface area contributed by atoms with Gasteiger partial charge in [-0.1, -0.05) is 24.3 Å². The number of fused-ring (bicyclic) bond motifs is 1. The van der Waals surface area contributed by atoms with Crippen molar-refractivity contribution in [3.63, 3.8) is 0 Å². The Labute approximate surface area is 132 Å². The minimum atomic E-state index is -4.47. The molecule has 0 aliphatic carbocycles. The number of rotatable bonds is 2. The van der Waals surface area contributed by atoms with Crippen LogP contribution in [-0.2, 0) is 20.2 Å². The van der Waals surface area contributed by atoms with Gasteiger partial charge < -0.3 is 0 Å². The van der Waals surface area contributed by atoms with E-state index in [0.29, 0.717) is 0 Å². The van der Waals surface area contributed by atoms with Gasteiger partial charge in [0.15, 0.2) is 0 Å². The van der Waals surface area contributed by atoms with E-state index in [0.717, 1.165) is 12.1 Å². The van der Waals surface area contributed by atoms with E-state index in [-0.39, 0.29) is 40.3 Å². The molecule has 2 N–H and O–H groups in total. The van der Waals surface area contributed by atoms with Crippen LogP contribution in [0, 0.1) is 0 Å². The molecule has 0 saturated heterocycles. The van der Waals surface area contributed by atoms with Gasteiger partial charge in [0.25, 0.3) is 20.2 Å². The van der Waals surface area contributed by atoms with E-state index in [2.05, 4.69) is 0 Å². The van der Waals surface area contributed by atoms with E-state index >= 15 is 0 Å². The molecule has 0 atom stereocenters. The standard InChI is InChI=1S/C10H8O6S2.Na/c11-17(12,13)9-5-1-3-7-8(9)4-2-6-10(7)18(14,15)16;/h1-6H,(H,11,12,13)(H,14,15,16);. The summed E-state index contributed by atoms with van der Waals surface area (Å²) < 4.78 is 62.7. The van der Waals surface area contributed by atoms with Gasteiger partial charge in [0.2, 0.25) is 0 Å². The summed E-state index contributed by atoms with van der Waals surface area (Å²) in [5, 5.41) is 0.0465. The van der Waals surface area contributed by atoms with Crippen molar-refractivity contribution >= 4 is 60.6 Å². The van der Waals surface area contributed by atoms with Crippen LogP contribution in [-0.4, -0.2) is 55.5 Å². The van der Waals surface area contributed by atoms with Gasteiger partial charge in [-0.2, -0.15) is 16.8 Å². The molecule has 6 nitrogen and oxygen atoms in total. The zero-order valence-corrected chi connectivity index (χ0v) is 13.4. The molecule has 0 amide bonds. The zero-order valence-electron chi connectivity index (χ0n) is 9.81. The van der Waals surface area contributed by atoms with Gasteiger partial charge in [-0.25, -0.2) is 0 Å². The van der Waals surface area contributed by atoms with Gasteiger partial charge in [0.05, 0.1) is 0 Å². The normalized spacial score (nSPS) is 12.1. The van der Waals surface area contributed by atoms with Crippen LogP contribution in [0.1, 0.15) is 0 Å². The second-order valence-electron chi connectivity index (χ2n) is 3.56. The van der Waals surface area contributed by atoms with Gasteiger partial charge >= 0.3 is 0 Å². The quantitative estimate of drug-likeness (QED) is 0.631. The van der Waals surface area contributed by atoms with Crippen LogP contribution < -0.4 is 0 Å². The fourth-order valence-electron chi connectivity index (χ4n) is 1.70. The fraction of sp³-hybridized carbons (Fsp3) is 0. The molecular formula is C10H8NaO6S2. The van der Waals surface area contributed by atoms with Gasteiger partial charge in [-0.05, 0) is 12.1 Å². The molecule has 0 saturated carbocycles. The van der Waals surface area contributed by atoms with Crippen LogP contribution in [0.5, 0.6) is 0 Å². The summed E-state index contributed by atoms with van der Waals surface area (Å²) in [5.41, 5.74) is 0. The Morgan fingerprint density at radius 2 is 1.00 bits per heavy atom. The zero-order chi connectivity index (χ0) is 13.6. The maximum atomic E-state index is 11.2. The van der Waals surface area contributed by atoms with E-state index < -0.39 is 30.0 Å². The second kappa shape index (κ2) is 5.49. The molecule has 0 spiro atoms. The third-order valence-electron chi connectivity index (χ3n) is 2.40. The van der Waals surface area contributed by atoms with Gasteiger partial charge in [0, 0.05) is 40.3 Å². The fourth-order valence-corrected chi connectivity index (χ4v) is 3.12. The largest absolute Gasteiger partial charge is 0.295 e. The van der Waals surface area contributed by atoms with Crippen molar-refractivity contribution in [2.45, 2.75) is 9.79 Å². The molecule has 1 radical (unpaired) electrons. The van der Waals surface area contributed by atoms with Crippen LogP contribution >= 0.6 is 0 Å². The third kappa shape index (κ3) is 3.34. The maximum Gasteiger partial charge on any atom is 0.295 e. The SMILES string of the molecule is O=S(=O)(O)c1cccc2c(S(=O)(=O)O)cccc12.[Na]. The Balaban J connectivity index is 0.00000180. The molecule has 0 aliphatic heterocycles. The molecule has 0 unspecified atom stereocenters. The first-order valence-corrected chi connectivity index (χ1v) is 7.56. The first kappa shape index (κ1) is 16.6. The molecule has 2 rings (SSSR count). The Hall–Kier alpha value is -0.480. The van der Waals surface area contributed by atoms with Crippen LogP contribution in [0.2, 0.25) is 0 Å². The second-order valence-corrected chi connectivity index (χ2v) is 6.34. The van der Waals surface area contributed by atoms with Crippen LogP contribution in [0.4, 0.5) is 0 Å². The Kier molecular flexibility index (Phi) is 4.79. The average molecular weight is 311 g/mol. The van der Waals surface area contributed by atoms with E-state index in [9.17, 15) is 16.8 Å². The molecule has 0 aromatic heterocycles. The summed E-state index contributed by atoms with van der Waals surface area (Å²) in [6.45, 7) is 0. The van der Waals surface area contributed by atoms with E-state index in [1.807, 2.05) is 0 Å². The first-order valence-electron chi connectivity index (χ1n) is 4.68. The van der Waals surface area contributed by atoms with Crippen LogP contribution in [0.15, 0.2) is 46.2 Å². The average Bonchev–Trinajstić information content (AvgIpc) is 2.24. The minimum absolute atomic E-state index is 0. The predicted molar refractivity (Wildman–Crippen MR) is 69.3 cm³/mol. The molecule has 2 aromatic rings. The molecule has 97 valence electrons. The van der Waals surface area contributed by atoms with Crippen molar-refractivity contribution in [3.8, 4) is 0 Å². The third-order valence-corrected chi connectivity index (χ3v) is 4.22. The number of hydrogen-bond acceptors (Lipinski definition) is 4. The summed E-state index contributed by atoms with van der Waals surface area (Å²) in [5.74, 6) is 0. The van der Waals surface area contributed by atoms with Gasteiger partial charge in [-0.3, -0.25) is 9.11 Å². The van der Waals surface area contributed by atoms with Crippen molar-refractivity contribution in [1.82, 2.24) is 0 Å². The smallest absolute Gasteiger partial charge is 0.282 e. The van der Waals surface area contributed by atoms with Crippen molar-refractivity contribution in [3.05, 3.63) is 36.4 Å². The monoisotopic (exact) mass is 311 g/mol. The summed E-state index contributed by atoms with van der Waals surface area (Å²) in [7, 11) is -8.94. The van der Waals surface area contributed by atoms with Crippen molar-refractivity contribution in [1.29, 1.82) is 0 Å². The maximum absolute atomic E-state index is 11.2. The number of benzene rings is 2. The Morgan fingerprint density at radius 1 is 0.684 bits per heavy atom. The Morgan fingerprint density at radius 3 is 1.26 bits per heavy atom. The number of hydrogen-bond donors (Lipinski definition) is 2. The molecular weight excluding hydrogens is 303 g/mol.